The Labute approximate surface area is 147 Å². The zero-order valence-corrected chi connectivity index (χ0v) is 15.1. The van der Waals surface area contributed by atoms with Gasteiger partial charge < -0.3 is 10.1 Å². The lowest BCUT2D eigenvalue weighted by Crippen LogP contribution is -2.30. The Hall–Kier alpha value is -1.72. The molecule has 1 saturated heterocycles. The van der Waals surface area contributed by atoms with Gasteiger partial charge in [-0.1, -0.05) is 24.3 Å². The maximum atomic E-state index is 11.0. The highest BCUT2D eigenvalue weighted by atomic mass is 32.1. The number of carbonyl (C=O) groups excluding carboxylic acids is 1. The number of aromatic nitrogens is 1. The zero-order valence-electron chi connectivity index (χ0n) is 14.2. The number of amides is 1. The Bertz CT molecular complexity index is 675. The highest BCUT2D eigenvalue weighted by Gasteiger charge is 2.21. The molecular weight excluding hydrogens is 320 g/mol. The molecule has 1 aromatic carbocycles. The minimum atomic E-state index is 0.0310. The lowest BCUT2D eigenvalue weighted by Gasteiger charge is -2.12. The third-order valence-corrected chi connectivity index (χ3v) is 5.23. The number of ether oxygens (including phenoxy) is 1. The molecule has 1 aliphatic heterocycles. The van der Waals surface area contributed by atoms with Gasteiger partial charge in [0, 0.05) is 30.5 Å². The van der Waals surface area contributed by atoms with Crippen LogP contribution in [-0.2, 0) is 16.0 Å². The van der Waals surface area contributed by atoms with Crippen molar-refractivity contribution in [2.75, 3.05) is 6.61 Å². The van der Waals surface area contributed by atoms with Gasteiger partial charge in [0.15, 0.2) is 0 Å². The van der Waals surface area contributed by atoms with Crippen molar-refractivity contribution in [3.63, 3.8) is 0 Å². The molecule has 0 spiro atoms. The molecule has 2 unspecified atom stereocenters. The molecule has 1 fully saturated rings. The van der Waals surface area contributed by atoms with E-state index in [0.717, 1.165) is 48.6 Å². The van der Waals surface area contributed by atoms with Crippen LogP contribution in [0.2, 0.25) is 0 Å². The summed E-state index contributed by atoms with van der Waals surface area (Å²) < 4.78 is 5.71. The summed E-state index contributed by atoms with van der Waals surface area (Å²) in [5.41, 5.74) is 3.46. The van der Waals surface area contributed by atoms with Gasteiger partial charge >= 0.3 is 0 Å². The smallest absolute Gasteiger partial charge is 0.217 e. The lowest BCUT2D eigenvalue weighted by molar-refractivity contribution is -0.119. The first kappa shape index (κ1) is 17.1. The molecule has 4 nitrogen and oxygen atoms in total. The second-order valence-corrected chi connectivity index (χ2v) is 7.30. The van der Waals surface area contributed by atoms with Gasteiger partial charge in [0.25, 0.3) is 0 Å². The first-order valence-electron chi connectivity index (χ1n) is 8.55. The van der Waals surface area contributed by atoms with Crippen molar-refractivity contribution in [2.45, 2.75) is 51.7 Å². The van der Waals surface area contributed by atoms with Crippen LogP contribution < -0.4 is 5.32 Å². The number of benzene rings is 1. The number of thiazole rings is 1. The van der Waals surface area contributed by atoms with E-state index < -0.39 is 0 Å². The molecule has 2 aromatic rings. The second kappa shape index (κ2) is 7.90. The molecule has 0 saturated carbocycles. The van der Waals surface area contributed by atoms with Crippen LogP contribution in [0.4, 0.5) is 0 Å². The normalized spacial score (nSPS) is 18.5. The number of hydrogen-bond acceptors (Lipinski definition) is 4. The molecular formula is C19H24N2O2S. The first-order valence-corrected chi connectivity index (χ1v) is 9.43. The number of rotatable bonds is 6. The van der Waals surface area contributed by atoms with Gasteiger partial charge in [-0.3, -0.25) is 4.79 Å². The van der Waals surface area contributed by atoms with E-state index in [0.29, 0.717) is 0 Å². The van der Waals surface area contributed by atoms with Crippen LogP contribution in [0, 0.1) is 0 Å². The predicted octanol–water partition coefficient (Wildman–Crippen LogP) is 4.12. The summed E-state index contributed by atoms with van der Waals surface area (Å²) in [6, 6.07) is 8.77. The van der Waals surface area contributed by atoms with Crippen LogP contribution in [0.5, 0.6) is 0 Å². The molecule has 2 atom stereocenters. The van der Waals surface area contributed by atoms with Crippen LogP contribution in [0.3, 0.4) is 0 Å². The van der Waals surface area contributed by atoms with E-state index in [-0.39, 0.29) is 18.1 Å². The third kappa shape index (κ3) is 4.42. The van der Waals surface area contributed by atoms with Crippen molar-refractivity contribution in [1.29, 1.82) is 0 Å². The predicted molar refractivity (Wildman–Crippen MR) is 97.1 cm³/mol. The van der Waals surface area contributed by atoms with Crippen molar-refractivity contribution in [2.24, 2.45) is 0 Å². The lowest BCUT2D eigenvalue weighted by atomic mass is 10.0. The van der Waals surface area contributed by atoms with Gasteiger partial charge in [-0.05, 0) is 38.2 Å². The van der Waals surface area contributed by atoms with Crippen LogP contribution in [-0.4, -0.2) is 23.5 Å². The molecule has 128 valence electrons. The average molecular weight is 344 g/mol. The minimum Gasteiger partial charge on any atom is -0.371 e. The van der Waals surface area contributed by atoms with Crippen molar-refractivity contribution < 1.29 is 9.53 Å². The standard InChI is InChI=1S/C19H24N2O2S/c1-13(20-14(2)22)5-6-15-7-9-16(10-8-15)17-12-24-19(21-17)18-4-3-11-23-18/h7-10,12-13,18H,3-6,11H2,1-2H3,(H,20,22). The molecule has 1 aliphatic rings. The van der Waals surface area contributed by atoms with Gasteiger partial charge in [0.2, 0.25) is 5.91 Å². The molecule has 1 N–H and O–H groups in total. The van der Waals surface area contributed by atoms with E-state index in [9.17, 15) is 4.79 Å². The summed E-state index contributed by atoms with van der Waals surface area (Å²) in [4.78, 5) is 15.8. The molecule has 0 aliphatic carbocycles. The highest BCUT2D eigenvalue weighted by Crippen LogP contribution is 2.33. The van der Waals surface area contributed by atoms with E-state index in [2.05, 4.69) is 35.0 Å². The van der Waals surface area contributed by atoms with Gasteiger partial charge in [0.1, 0.15) is 11.1 Å². The summed E-state index contributed by atoms with van der Waals surface area (Å²) in [7, 11) is 0. The summed E-state index contributed by atoms with van der Waals surface area (Å²) in [5, 5.41) is 6.13. The molecule has 0 bridgehead atoms. The fraction of sp³-hybridized carbons (Fsp3) is 0.474. The summed E-state index contributed by atoms with van der Waals surface area (Å²) >= 11 is 1.69. The summed E-state index contributed by atoms with van der Waals surface area (Å²) in [6.45, 7) is 4.45. The quantitative estimate of drug-likeness (QED) is 0.857. The van der Waals surface area contributed by atoms with E-state index in [1.54, 1.807) is 18.3 Å². The monoisotopic (exact) mass is 344 g/mol. The molecule has 1 aromatic heterocycles. The van der Waals surface area contributed by atoms with Crippen LogP contribution in [0.25, 0.3) is 11.3 Å². The van der Waals surface area contributed by atoms with E-state index in [1.165, 1.54) is 5.56 Å². The van der Waals surface area contributed by atoms with Crippen molar-refractivity contribution in [3.05, 3.63) is 40.2 Å². The molecule has 1 amide bonds. The van der Waals surface area contributed by atoms with Gasteiger partial charge in [-0.2, -0.15) is 0 Å². The zero-order chi connectivity index (χ0) is 16.9. The fourth-order valence-electron chi connectivity index (χ4n) is 2.99. The Kier molecular flexibility index (Phi) is 5.63. The SMILES string of the molecule is CC(=O)NC(C)CCc1ccc(-c2csc(C3CCCO3)n2)cc1. The minimum absolute atomic E-state index is 0.0310. The van der Waals surface area contributed by atoms with E-state index >= 15 is 0 Å². The van der Waals surface area contributed by atoms with Crippen molar-refractivity contribution >= 4 is 17.2 Å². The Morgan fingerprint density at radius 2 is 2.21 bits per heavy atom. The molecule has 5 heteroatoms. The average Bonchev–Trinajstić information content (AvgIpc) is 3.24. The Morgan fingerprint density at radius 1 is 1.42 bits per heavy atom. The number of hydrogen-bond donors (Lipinski definition) is 1. The van der Waals surface area contributed by atoms with Crippen LogP contribution in [0.1, 0.15) is 49.8 Å². The molecule has 3 rings (SSSR count). The van der Waals surface area contributed by atoms with Crippen molar-refractivity contribution in [1.82, 2.24) is 10.3 Å². The van der Waals surface area contributed by atoms with Crippen LogP contribution in [0.15, 0.2) is 29.6 Å². The number of aryl methyl sites for hydroxylation is 1. The van der Waals surface area contributed by atoms with Crippen molar-refractivity contribution in [3.8, 4) is 11.3 Å². The summed E-state index contributed by atoms with van der Waals surface area (Å²) in [6.07, 6.45) is 4.31. The first-order chi connectivity index (χ1) is 11.6. The van der Waals surface area contributed by atoms with Gasteiger partial charge in [0.05, 0.1) is 5.69 Å². The summed E-state index contributed by atoms with van der Waals surface area (Å²) in [5.74, 6) is 0.0310. The number of nitrogens with zero attached hydrogens (tertiary/aromatic N) is 1. The number of carbonyl (C=O) groups is 1. The Morgan fingerprint density at radius 3 is 2.88 bits per heavy atom. The highest BCUT2D eigenvalue weighted by molar-refractivity contribution is 7.10. The topological polar surface area (TPSA) is 51.2 Å². The number of nitrogens with one attached hydrogen (secondary N) is 1. The molecule has 24 heavy (non-hydrogen) atoms. The third-order valence-electron chi connectivity index (χ3n) is 4.29. The largest absolute Gasteiger partial charge is 0.371 e. The van der Waals surface area contributed by atoms with Crippen LogP contribution >= 0.6 is 11.3 Å². The van der Waals surface area contributed by atoms with E-state index in [4.69, 9.17) is 9.72 Å². The van der Waals surface area contributed by atoms with Gasteiger partial charge in [-0.25, -0.2) is 4.98 Å². The second-order valence-electron chi connectivity index (χ2n) is 6.41. The fourth-order valence-corrected chi connectivity index (χ4v) is 3.89. The van der Waals surface area contributed by atoms with Gasteiger partial charge in [-0.15, -0.1) is 11.3 Å². The molecule has 2 heterocycles. The maximum absolute atomic E-state index is 11.0. The maximum Gasteiger partial charge on any atom is 0.217 e. The van der Waals surface area contributed by atoms with E-state index in [1.807, 2.05) is 6.92 Å². The molecule has 0 radical (unpaired) electrons. The Balaban J connectivity index is 1.59.